The van der Waals surface area contributed by atoms with Gasteiger partial charge in [0.05, 0.1) is 5.60 Å². The minimum Gasteiger partial charge on any atom is -0.366 e. The van der Waals surface area contributed by atoms with Gasteiger partial charge in [0.25, 0.3) is 0 Å². The van der Waals surface area contributed by atoms with E-state index in [0.29, 0.717) is 6.54 Å². The lowest BCUT2D eigenvalue weighted by Crippen LogP contribution is -2.39. The summed E-state index contributed by atoms with van der Waals surface area (Å²) in [7, 11) is 0. The van der Waals surface area contributed by atoms with Gasteiger partial charge >= 0.3 is 0 Å². The molecule has 18 heavy (non-hydrogen) atoms. The summed E-state index contributed by atoms with van der Waals surface area (Å²) >= 11 is 1.72. The van der Waals surface area contributed by atoms with Gasteiger partial charge in [-0.1, -0.05) is 19.9 Å². The summed E-state index contributed by atoms with van der Waals surface area (Å²) in [6, 6.07) is 4.13. The number of amides is 1. The highest BCUT2D eigenvalue weighted by molar-refractivity contribution is 7.10. The monoisotopic (exact) mass is 269 g/mol. The number of ether oxygens (including phenoxy) is 1. The Hall–Kier alpha value is -0.870. The van der Waals surface area contributed by atoms with Gasteiger partial charge in [-0.3, -0.25) is 4.79 Å². The molecule has 0 aliphatic rings. The van der Waals surface area contributed by atoms with Gasteiger partial charge in [-0.25, -0.2) is 0 Å². The van der Waals surface area contributed by atoms with Gasteiger partial charge in [0.2, 0.25) is 5.91 Å². The maximum Gasteiger partial charge on any atom is 0.246 e. The molecule has 0 saturated heterocycles. The van der Waals surface area contributed by atoms with Crippen molar-refractivity contribution < 1.29 is 9.53 Å². The van der Waals surface area contributed by atoms with Crippen LogP contribution in [0.15, 0.2) is 17.5 Å². The zero-order chi connectivity index (χ0) is 13.8. The predicted molar refractivity (Wildman–Crippen MR) is 76.1 cm³/mol. The van der Waals surface area contributed by atoms with Crippen LogP contribution in [0.2, 0.25) is 0 Å². The number of nitrogens with one attached hydrogen (secondary N) is 1. The van der Waals surface area contributed by atoms with Crippen molar-refractivity contribution >= 4 is 17.2 Å². The first-order chi connectivity index (χ1) is 8.21. The Labute approximate surface area is 114 Å². The Morgan fingerprint density at radius 3 is 2.50 bits per heavy atom. The molecule has 1 aromatic heterocycles. The number of rotatable bonds is 5. The van der Waals surface area contributed by atoms with E-state index < -0.39 is 0 Å². The molecule has 0 radical (unpaired) electrons. The summed E-state index contributed by atoms with van der Waals surface area (Å²) in [5.41, 5.74) is -0.313. The standard InChI is InChI=1S/C14H23NO2S/c1-13(2,3)17-9-12(16)15-10-14(4,5)11-7-6-8-18-11/h6-8H,9-10H2,1-5H3,(H,15,16). The van der Waals surface area contributed by atoms with Gasteiger partial charge < -0.3 is 10.1 Å². The topological polar surface area (TPSA) is 38.3 Å². The summed E-state index contributed by atoms with van der Waals surface area (Å²) in [5.74, 6) is -0.0606. The average molecular weight is 269 g/mol. The maximum absolute atomic E-state index is 11.7. The van der Waals surface area contributed by atoms with E-state index in [9.17, 15) is 4.79 Å². The zero-order valence-electron chi connectivity index (χ0n) is 11.9. The molecule has 0 unspecified atom stereocenters. The normalized spacial score (nSPS) is 12.5. The van der Waals surface area contributed by atoms with E-state index in [1.165, 1.54) is 4.88 Å². The average Bonchev–Trinajstić information content (AvgIpc) is 2.76. The molecule has 1 heterocycles. The van der Waals surface area contributed by atoms with Crippen LogP contribution in [0.5, 0.6) is 0 Å². The molecule has 0 atom stereocenters. The maximum atomic E-state index is 11.7. The number of carbonyl (C=O) groups is 1. The highest BCUT2D eigenvalue weighted by Crippen LogP contribution is 2.26. The quantitative estimate of drug-likeness (QED) is 0.892. The molecular weight excluding hydrogens is 246 g/mol. The second-order valence-electron chi connectivity index (χ2n) is 6.04. The summed E-state index contributed by atoms with van der Waals surface area (Å²) < 4.78 is 5.44. The van der Waals surface area contributed by atoms with Gasteiger partial charge in [0.1, 0.15) is 6.61 Å². The van der Waals surface area contributed by atoms with Gasteiger partial charge in [0, 0.05) is 16.8 Å². The molecule has 1 rings (SSSR count). The smallest absolute Gasteiger partial charge is 0.246 e. The minimum absolute atomic E-state index is 0.0362. The molecular formula is C14H23NO2S. The lowest BCUT2D eigenvalue weighted by molar-refractivity contribution is -0.130. The van der Waals surface area contributed by atoms with Gasteiger partial charge in [0.15, 0.2) is 0 Å². The van der Waals surface area contributed by atoms with E-state index >= 15 is 0 Å². The molecule has 0 fully saturated rings. The molecule has 4 heteroatoms. The van der Waals surface area contributed by atoms with Crippen LogP contribution in [0, 0.1) is 0 Å². The predicted octanol–water partition coefficient (Wildman–Crippen LogP) is 2.96. The molecule has 0 aliphatic heterocycles. The van der Waals surface area contributed by atoms with Crippen LogP contribution in [0.3, 0.4) is 0 Å². The van der Waals surface area contributed by atoms with E-state index in [1.54, 1.807) is 11.3 Å². The fourth-order valence-electron chi connectivity index (χ4n) is 1.40. The molecule has 0 spiro atoms. The van der Waals surface area contributed by atoms with Gasteiger partial charge in [-0.15, -0.1) is 11.3 Å². The van der Waals surface area contributed by atoms with Gasteiger partial charge in [-0.05, 0) is 32.2 Å². The largest absolute Gasteiger partial charge is 0.366 e. The van der Waals surface area contributed by atoms with Crippen LogP contribution >= 0.6 is 11.3 Å². The van der Waals surface area contributed by atoms with Crippen molar-refractivity contribution in [2.45, 2.75) is 45.6 Å². The van der Waals surface area contributed by atoms with Crippen LogP contribution in [0.1, 0.15) is 39.5 Å². The van der Waals surface area contributed by atoms with Crippen LogP contribution < -0.4 is 5.32 Å². The lowest BCUT2D eigenvalue weighted by Gasteiger charge is -2.24. The summed E-state index contributed by atoms with van der Waals surface area (Å²) in [6.45, 7) is 10.8. The van der Waals surface area contributed by atoms with Crippen molar-refractivity contribution in [1.82, 2.24) is 5.32 Å². The van der Waals surface area contributed by atoms with Crippen molar-refractivity contribution in [2.75, 3.05) is 13.2 Å². The second-order valence-corrected chi connectivity index (χ2v) is 6.99. The first-order valence-electron chi connectivity index (χ1n) is 6.15. The Kier molecular flexibility index (Phi) is 4.93. The minimum atomic E-state index is -0.277. The van der Waals surface area contributed by atoms with E-state index in [4.69, 9.17) is 4.74 Å². The van der Waals surface area contributed by atoms with Crippen molar-refractivity contribution in [3.63, 3.8) is 0 Å². The third-order valence-electron chi connectivity index (χ3n) is 2.55. The number of thiophene rings is 1. The SMILES string of the molecule is CC(C)(C)OCC(=O)NCC(C)(C)c1cccs1. The fourth-order valence-corrected chi connectivity index (χ4v) is 2.26. The molecule has 1 amide bonds. The molecule has 1 N–H and O–H groups in total. The van der Waals surface area contributed by atoms with Crippen molar-refractivity contribution in [3.05, 3.63) is 22.4 Å². The van der Waals surface area contributed by atoms with Crippen molar-refractivity contribution in [2.24, 2.45) is 0 Å². The number of carbonyl (C=O) groups excluding carboxylic acids is 1. The molecule has 1 aromatic rings. The molecule has 3 nitrogen and oxygen atoms in total. The second kappa shape index (κ2) is 5.85. The molecule has 0 aromatic carbocycles. The highest BCUT2D eigenvalue weighted by Gasteiger charge is 2.22. The van der Waals surface area contributed by atoms with Crippen molar-refractivity contribution in [3.8, 4) is 0 Å². The highest BCUT2D eigenvalue weighted by atomic mass is 32.1. The third kappa shape index (κ3) is 5.19. The van der Waals surface area contributed by atoms with E-state index in [-0.39, 0.29) is 23.5 Å². The number of hydrogen-bond acceptors (Lipinski definition) is 3. The third-order valence-corrected chi connectivity index (χ3v) is 3.79. The summed E-state index contributed by atoms with van der Waals surface area (Å²) in [5, 5.41) is 4.98. The van der Waals surface area contributed by atoms with Gasteiger partial charge in [-0.2, -0.15) is 0 Å². The Bertz CT molecular complexity index is 377. The number of hydrogen-bond donors (Lipinski definition) is 1. The first-order valence-corrected chi connectivity index (χ1v) is 7.03. The van der Waals surface area contributed by atoms with Crippen molar-refractivity contribution in [1.29, 1.82) is 0 Å². The van der Waals surface area contributed by atoms with Crippen LogP contribution in [-0.4, -0.2) is 24.7 Å². The molecule has 0 aliphatic carbocycles. The molecule has 0 bridgehead atoms. The first kappa shape index (κ1) is 15.2. The molecule has 102 valence electrons. The molecule has 0 saturated carbocycles. The van der Waals surface area contributed by atoms with Crippen LogP contribution in [0.4, 0.5) is 0 Å². The Balaban J connectivity index is 2.39. The van der Waals surface area contributed by atoms with E-state index in [0.717, 1.165) is 0 Å². The lowest BCUT2D eigenvalue weighted by atomic mass is 9.91. The zero-order valence-corrected chi connectivity index (χ0v) is 12.7. The summed E-state index contributed by atoms with van der Waals surface area (Å²) in [6.07, 6.45) is 0. The Morgan fingerprint density at radius 1 is 1.33 bits per heavy atom. The van der Waals surface area contributed by atoms with Crippen LogP contribution in [-0.2, 0) is 14.9 Å². The van der Waals surface area contributed by atoms with E-state index in [1.807, 2.05) is 26.8 Å². The fraction of sp³-hybridized carbons (Fsp3) is 0.643. The van der Waals surface area contributed by atoms with Crippen LogP contribution in [0.25, 0.3) is 0 Å². The Morgan fingerprint density at radius 2 is 2.00 bits per heavy atom. The van der Waals surface area contributed by atoms with E-state index in [2.05, 4.69) is 30.6 Å². The summed E-state index contributed by atoms with van der Waals surface area (Å²) in [4.78, 5) is 13.0.